The number of benzene rings is 2. The van der Waals surface area contributed by atoms with Crippen molar-refractivity contribution in [3.8, 4) is 12.1 Å². The van der Waals surface area contributed by atoms with Gasteiger partial charge >= 0.3 is 0 Å². The van der Waals surface area contributed by atoms with E-state index >= 15 is 0 Å². The van der Waals surface area contributed by atoms with Crippen LogP contribution in [0.2, 0.25) is 0 Å². The molecule has 0 saturated heterocycles. The monoisotopic (exact) mass is 258 g/mol. The fourth-order valence-electron chi connectivity index (χ4n) is 2.83. The molecule has 20 heavy (non-hydrogen) atoms. The van der Waals surface area contributed by atoms with Crippen molar-refractivity contribution in [1.82, 2.24) is 0 Å². The van der Waals surface area contributed by atoms with E-state index in [-0.39, 0.29) is 16.2 Å². The van der Waals surface area contributed by atoms with Crippen molar-refractivity contribution in [2.45, 2.75) is 13.8 Å². The molecule has 3 aromatic carbocycles. The van der Waals surface area contributed by atoms with Crippen molar-refractivity contribution in [2.75, 3.05) is 0 Å². The minimum absolute atomic E-state index is 0.115. The number of aryl methyl sites for hydroxylation is 2. The van der Waals surface area contributed by atoms with Crippen LogP contribution in [-0.2, 0) is 0 Å². The van der Waals surface area contributed by atoms with Crippen LogP contribution in [0.15, 0.2) is 29.1 Å². The standard InChI is InChI=1S/C17H10N2O/c1-9-3-11-4-10(2)6-14-15(11)13(5-9)16(17(14)20)12(7-18)8-19/h3-6H,1-2H3. The normalized spacial score (nSPS) is 10.6. The lowest BCUT2D eigenvalue weighted by Crippen LogP contribution is -2.21. The van der Waals surface area contributed by atoms with Crippen molar-refractivity contribution in [3.63, 3.8) is 0 Å². The molecular formula is C17H10N2O. The van der Waals surface area contributed by atoms with E-state index < -0.39 is 0 Å². The van der Waals surface area contributed by atoms with Crippen LogP contribution in [0.3, 0.4) is 0 Å². The van der Waals surface area contributed by atoms with Gasteiger partial charge in [-0.1, -0.05) is 18.2 Å². The van der Waals surface area contributed by atoms with Crippen molar-refractivity contribution in [1.29, 1.82) is 10.5 Å². The molecule has 0 aliphatic heterocycles. The third kappa shape index (κ3) is 1.47. The quantitative estimate of drug-likeness (QED) is 0.621. The zero-order valence-corrected chi connectivity index (χ0v) is 11.1. The number of hydrogen-bond donors (Lipinski definition) is 0. The Balaban J connectivity index is 2.83. The van der Waals surface area contributed by atoms with Gasteiger partial charge in [0.1, 0.15) is 17.7 Å². The maximum atomic E-state index is 12.5. The molecule has 0 saturated carbocycles. The molecule has 0 heterocycles. The topological polar surface area (TPSA) is 64.7 Å². The van der Waals surface area contributed by atoms with E-state index in [9.17, 15) is 4.79 Å². The Morgan fingerprint density at radius 3 is 2.05 bits per heavy atom. The van der Waals surface area contributed by atoms with E-state index in [2.05, 4.69) is 0 Å². The number of nitriles is 2. The zero-order valence-electron chi connectivity index (χ0n) is 11.1. The van der Waals surface area contributed by atoms with Crippen LogP contribution in [0.4, 0.5) is 0 Å². The van der Waals surface area contributed by atoms with Crippen LogP contribution in [0.25, 0.3) is 27.1 Å². The fraction of sp³-hybridized carbons (Fsp3) is 0.118. The Morgan fingerprint density at radius 1 is 0.950 bits per heavy atom. The molecule has 94 valence electrons. The van der Waals surface area contributed by atoms with E-state index in [1.165, 1.54) is 0 Å². The Labute approximate surface area is 115 Å². The number of hydrogen-bond acceptors (Lipinski definition) is 3. The van der Waals surface area contributed by atoms with Crippen molar-refractivity contribution in [2.24, 2.45) is 0 Å². The summed E-state index contributed by atoms with van der Waals surface area (Å²) >= 11 is 0. The summed E-state index contributed by atoms with van der Waals surface area (Å²) in [6.45, 7) is 3.87. The van der Waals surface area contributed by atoms with Gasteiger partial charge in [-0.15, -0.1) is 0 Å². The Hall–Kier alpha value is -2.91. The summed E-state index contributed by atoms with van der Waals surface area (Å²) in [6.07, 6.45) is 0. The first kappa shape index (κ1) is 12.1. The summed E-state index contributed by atoms with van der Waals surface area (Å²) in [4.78, 5) is 12.5. The van der Waals surface area contributed by atoms with E-state index in [0.717, 1.165) is 21.9 Å². The lowest BCUT2D eigenvalue weighted by molar-refractivity contribution is 1.49. The third-order valence-corrected chi connectivity index (χ3v) is 3.55. The lowest BCUT2D eigenvalue weighted by Gasteiger charge is -2.02. The summed E-state index contributed by atoms with van der Waals surface area (Å²) in [5, 5.41) is 21.5. The molecule has 0 bridgehead atoms. The summed E-state index contributed by atoms with van der Waals surface area (Å²) in [6, 6.07) is 11.4. The summed E-state index contributed by atoms with van der Waals surface area (Å²) in [5.41, 5.74) is 1.66. The first-order valence-electron chi connectivity index (χ1n) is 6.21. The first-order chi connectivity index (χ1) is 9.56. The van der Waals surface area contributed by atoms with Gasteiger partial charge in [-0.3, -0.25) is 4.79 Å². The SMILES string of the molecule is Cc1cc2cc(C)cc3c(=C(C#N)C#N)c(=O)c(c1)c23. The fourth-order valence-corrected chi connectivity index (χ4v) is 2.83. The van der Waals surface area contributed by atoms with Crippen LogP contribution < -0.4 is 10.6 Å². The largest absolute Gasteiger partial charge is 0.288 e. The minimum Gasteiger partial charge on any atom is -0.288 e. The van der Waals surface area contributed by atoms with E-state index in [0.29, 0.717) is 10.8 Å². The smallest absolute Gasteiger partial charge is 0.196 e. The van der Waals surface area contributed by atoms with E-state index in [1.54, 1.807) is 0 Å². The molecule has 3 aromatic rings. The van der Waals surface area contributed by atoms with E-state index in [4.69, 9.17) is 10.5 Å². The van der Waals surface area contributed by atoms with Crippen molar-refractivity contribution >= 4 is 27.1 Å². The number of nitrogens with zero attached hydrogens (tertiary/aromatic N) is 2. The molecule has 0 aliphatic carbocycles. The molecule has 0 aliphatic rings. The molecule has 0 amide bonds. The second-order valence-corrected chi connectivity index (χ2v) is 5.03. The van der Waals surface area contributed by atoms with Gasteiger partial charge < -0.3 is 0 Å². The second-order valence-electron chi connectivity index (χ2n) is 5.03. The van der Waals surface area contributed by atoms with E-state index in [1.807, 2.05) is 50.3 Å². The molecule has 3 nitrogen and oxygen atoms in total. The molecule has 0 radical (unpaired) electrons. The average molecular weight is 258 g/mol. The zero-order chi connectivity index (χ0) is 14.4. The summed E-state index contributed by atoms with van der Waals surface area (Å²) in [5.74, 6) is 0. The maximum absolute atomic E-state index is 12.5. The molecular weight excluding hydrogens is 248 g/mol. The van der Waals surface area contributed by atoms with Crippen LogP contribution >= 0.6 is 0 Å². The molecule has 0 fully saturated rings. The Bertz CT molecular complexity index is 1030. The lowest BCUT2D eigenvalue weighted by atomic mass is 10.0. The predicted molar refractivity (Wildman–Crippen MR) is 78.2 cm³/mol. The summed E-state index contributed by atoms with van der Waals surface area (Å²) in [7, 11) is 0. The van der Waals surface area contributed by atoms with Gasteiger partial charge in [0.2, 0.25) is 0 Å². The average Bonchev–Trinajstić information content (AvgIpc) is 2.66. The maximum Gasteiger partial charge on any atom is 0.196 e. The van der Waals surface area contributed by atoms with Crippen LogP contribution in [0.1, 0.15) is 11.1 Å². The summed E-state index contributed by atoms with van der Waals surface area (Å²) < 4.78 is 0. The Kier molecular flexibility index (Phi) is 2.46. The van der Waals surface area contributed by atoms with Gasteiger partial charge in [-0.05, 0) is 41.8 Å². The molecule has 0 atom stereocenters. The predicted octanol–water partition coefficient (Wildman–Crippen LogP) is 2.32. The minimum atomic E-state index is -0.225. The van der Waals surface area contributed by atoms with Crippen LogP contribution in [-0.4, -0.2) is 0 Å². The van der Waals surface area contributed by atoms with Crippen molar-refractivity contribution < 1.29 is 0 Å². The highest BCUT2D eigenvalue weighted by Crippen LogP contribution is 2.26. The molecule has 0 unspecified atom stereocenters. The van der Waals surface area contributed by atoms with Gasteiger partial charge in [-0.2, -0.15) is 10.5 Å². The molecule has 3 heteroatoms. The van der Waals surface area contributed by atoms with Gasteiger partial charge in [0.25, 0.3) is 0 Å². The first-order valence-corrected chi connectivity index (χ1v) is 6.21. The van der Waals surface area contributed by atoms with Gasteiger partial charge in [0.05, 0.1) is 5.22 Å². The molecule has 0 spiro atoms. The van der Waals surface area contributed by atoms with Crippen LogP contribution in [0.5, 0.6) is 0 Å². The van der Waals surface area contributed by atoms with Crippen molar-refractivity contribution in [3.05, 3.63) is 50.8 Å². The Morgan fingerprint density at radius 2 is 1.50 bits per heavy atom. The molecule has 0 aromatic heterocycles. The molecule has 3 rings (SSSR count). The second kappa shape index (κ2) is 4.05. The third-order valence-electron chi connectivity index (χ3n) is 3.55. The highest BCUT2D eigenvalue weighted by atomic mass is 16.1. The molecule has 0 N–H and O–H groups in total. The number of rotatable bonds is 0. The van der Waals surface area contributed by atoms with Gasteiger partial charge in [0, 0.05) is 10.8 Å². The van der Waals surface area contributed by atoms with Gasteiger partial charge in [-0.25, -0.2) is 0 Å². The highest BCUT2D eigenvalue weighted by Gasteiger charge is 2.15. The van der Waals surface area contributed by atoms with Gasteiger partial charge in [0.15, 0.2) is 5.43 Å². The highest BCUT2D eigenvalue weighted by molar-refractivity contribution is 6.13. The van der Waals surface area contributed by atoms with Crippen LogP contribution in [0, 0.1) is 36.5 Å².